The van der Waals surface area contributed by atoms with Gasteiger partial charge in [0.15, 0.2) is 0 Å². The maximum atomic E-state index is 2.51. The van der Waals surface area contributed by atoms with E-state index < -0.39 is 0 Å². The summed E-state index contributed by atoms with van der Waals surface area (Å²) >= 11 is 0. The molecule has 0 bridgehead atoms. The molecule has 0 heteroatoms. The Kier molecular flexibility index (Phi) is 4.13. The molecule has 0 nitrogen and oxygen atoms in total. The van der Waals surface area contributed by atoms with Gasteiger partial charge in [-0.2, -0.15) is 0 Å². The highest BCUT2D eigenvalue weighted by Crippen LogP contribution is 2.57. The summed E-state index contributed by atoms with van der Waals surface area (Å²) in [7, 11) is 0. The highest BCUT2D eigenvalue weighted by molar-refractivity contribution is 4.98. The predicted molar refractivity (Wildman–Crippen MR) is 73.5 cm³/mol. The van der Waals surface area contributed by atoms with Gasteiger partial charge in [-0.15, -0.1) is 0 Å². The monoisotopic (exact) mass is 224 g/mol. The lowest BCUT2D eigenvalue weighted by atomic mass is 9.49. The number of hydrogen-bond donors (Lipinski definition) is 0. The molecule has 16 heavy (non-hydrogen) atoms. The maximum Gasteiger partial charge on any atom is -0.0269 e. The Bertz CT molecular complexity index is 221. The predicted octanol–water partition coefficient (Wildman–Crippen LogP) is 5.52. The van der Waals surface area contributed by atoms with E-state index in [4.69, 9.17) is 0 Å². The fourth-order valence-electron chi connectivity index (χ4n) is 3.61. The van der Waals surface area contributed by atoms with E-state index in [0.717, 1.165) is 17.8 Å². The van der Waals surface area contributed by atoms with Crippen LogP contribution in [0.15, 0.2) is 0 Å². The van der Waals surface area contributed by atoms with Gasteiger partial charge in [-0.25, -0.2) is 0 Å². The van der Waals surface area contributed by atoms with Crippen molar-refractivity contribution in [2.24, 2.45) is 28.6 Å². The molecule has 0 amide bonds. The Morgan fingerprint density at radius 3 is 2.19 bits per heavy atom. The Balaban J connectivity index is 2.41. The molecule has 0 N–H and O–H groups in total. The molecular formula is C16H32. The maximum absolute atomic E-state index is 2.51. The Morgan fingerprint density at radius 2 is 1.81 bits per heavy atom. The fraction of sp³-hybridized carbons (Fsp3) is 1.00. The van der Waals surface area contributed by atoms with E-state index in [9.17, 15) is 0 Å². The first-order chi connectivity index (χ1) is 7.17. The van der Waals surface area contributed by atoms with Gasteiger partial charge in [0.25, 0.3) is 0 Å². The smallest absolute Gasteiger partial charge is 0.0269 e. The summed E-state index contributed by atoms with van der Waals surface area (Å²) in [5, 5.41) is 0. The van der Waals surface area contributed by atoms with E-state index in [-0.39, 0.29) is 0 Å². The largest absolute Gasteiger partial charge is 0.0622 e. The lowest BCUT2D eigenvalue weighted by Crippen LogP contribution is -2.48. The van der Waals surface area contributed by atoms with Crippen LogP contribution in [0.25, 0.3) is 0 Å². The van der Waals surface area contributed by atoms with E-state index in [1.54, 1.807) is 0 Å². The lowest BCUT2D eigenvalue weighted by Gasteiger charge is -2.55. The lowest BCUT2D eigenvalue weighted by molar-refractivity contribution is -0.0634. The van der Waals surface area contributed by atoms with Crippen molar-refractivity contribution in [3.63, 3.8) is 0 Å². The van der Waals surface area contributed by atoms with Crippen molar-refractivity contribution < 1.29 is 0 Å². The second-order valence-electron chi connectivity index (χ2n) is 7.90. The Morgan fingerprint density at radius 1 is 1.25 bits per heavy atom. The summed E-state index contributed by atoms with van der Waals surface area (Å²) in [6.07, 6.45) is 5.70. The number of rotatable bonds is 4. The van der Waals surface area contributed by atoms with Gasteiger partial charge in [0.2, 0.25) is 0 Å². The van der Waals surface area contributed by atoms with Crippen molar-refractivity contribution in [2.45, 2.75) is 74.1 Å². The average molecular weight is 224 g/mol. The minimum absolute atomic E-state index is 0.515. The first-order valence-corrected chi connectivity index (χ1v) is 7.17. The third-order valence-corrected chi connectivity index (χ3v) is 5.06. The molecular weight excluding hydrogens is 192 g/mol. The van der Waals surface area contributed by atoms with E-state index in [1.165, 1.54) is 25.7 Å². The zero-order valence-electron chi connectivity index (χ0n) is 12.6. The quantitative estimate of drug-likeness (QED) is 0.589. The van der Waals surface area contributed by atoms with Crippen LogP contribution < -0.4 is 0 Å². The van der Waals surface area contributed by atoms with Crippen LogP contribution in [0.3, 0.4) is 0 Å². The normalized spacial score (nSPS) is 35.2. The van der Waals surface area contributed by atoms with Crippen LogP contribution in [0.4, 0.5) is 0 Å². The molecule has 0 aromatic rings. The van der Waals surface area contributed by atoms with E-state index >= 15 is 0 Å². The van der Waals surface area contributed by atoms with Crippen LogP contribution in [0.1, 0.15) is 74.1 Å². The van der Waals surface area contributed by atoms with Gasteiger partial charge in [-0.3, -0.25) is 0 Å². The van der Waals surface area contributed by atoms with Gasteiger partial charge in [0.05, 0.1) is 0 Å². The Labute approximate surface area is 103 Å². The van der Waals surface area contributed by atoms with Crippen molar-refractivity contribution >= 4 is 0 Å². The van der Waals surface area contributed by atoms with Crippen molar-refractivity contribution in [3.8, 4) is 0 Å². The van der Waals surface area contributed by atoms with Gasteiger partial charge in [-0.1, -0.05) is 54.9 Å². The summed E-state index contributed by atoms with van der Waals surface area (Å²) < 4.78 is 0. The van der Waals surface area contributed by atoms with Crippen molar-refractivity contribution in [2.75, 3.05) is 0 Å². The average Bonchev–Trinajstić information content (AvgIpc) is 2.10. The van der Waals surface area contributed by atoms with E-state index in [2.05, 4.69) is 48.5 Å². The molecule has 1 fully saturated rings. The van der Waals surface area contributed by atoms with Gasteiger partial charge in [0.1, 0.15) is 0 Å². The molecule has 0 radical (unpaired) electrons. The molecule has 0 aliphatic heterocycles. The molecule has 3 atom stereocenters. The second-order valence-corrected chi connectivity index (χ2v) is 7.90. The first kappa shape index (κ1) is 14.1. The van der Waals surface area contributed by atoms with Crippen LogP contribution >= 0.6 is 0 Å². The van der Waals surface area contributed by atoms with Gasteiger partial charge in [-0.05, 0) is 47.8 Å². The summed E-state index contributed by atoms with van der Waals surface area (Å²) in [5.74, 6) is 2.80. The fourth-order valence-corrected chi connectivity index (χ4v) is 3.61. The van der Waals surface area contributed by atoms with Crippen molar-refractivity contribution in [1.29, 1.82) is 0 Å². The van der Waals surface area contributed by atoms with Gasteiger partial charge < -0.3 is 0 Å². The highest BCUT2D eigenvalue weighted by atomic mass is 14.5. The van der Waals surface area contributed by atoms with Crippen molar-refractivity contribution in [1.82, 2.24) is 0 Å². The zero-order valence-corrected chi connectivity index (χ0v) is 12.6. The third kappa shape index (κ3) is 3.02. The van der Waals surface area contributed by atoms with E-state index in [1.807, 2.05) is 0 Å². The van der Waals surface area contributed by atoms with Crippen LogP contribution in [0, 0.1) is 28.6 Å². The molecule has 96 valence electrons. The SMILES string of the molecule is CC1CC(C)(C(C)C)C1CCCC(C)(C)C. The van der Waals surface area contributed by atoms with Gasteiger partial charge in [0, 0.05) is 0 Å². The van der Waals surface area contributed by atoms with Crippen molar-refractivity contribution in [3.05, 3.63) is 0 Å². The standard InChI is InChI=1S/C16H32/c1-12(2)16(7)11-13(3)14(16)9-8-10-15(4,5)6/h12-14H,8-11H2,1-7H3. The summed E-state index contributed by atoms with van der Waals surface area (Å²) in [6.45, 7) is 16.9. The van der Waals surface area contributed by atoms with Crippen LogP contribution in [0.5, 0.6) is 0 Å². The summed E-state index contributed by atoms with van der Waals surface area (Å²) in [4.78, 5) is 0. The third-order valence-electron chi connectivity index (χ3n) is 5.06. The minimum atomic E-state index is 0.515. The van der Waals surface area contributed by atoms with Gasteiger partial charge >= 0.3 is 0 Å². The molecule has 1 rings (SSSR count). The summed E-state index contributed by atoms with van der Waals surface area (Å²) in [6, 6.07) is 0. The minimum Gasteiger partial charge on any atom is -0.0622 e. The highest BCUT2D eigenvalue weighted by Gasteiger charge is 2.49. The zero-order chi connectivity index (χ0) is 12.6. The van der Waals surface area contributed by atoms with Crippen LogP contribution in [-0.2, 0) is 0 Å². The molecule has 0 heterocycles. The Hall–Kier alpha value is 0. The van der Waals surface area contributed by atoms with Crippen LogP contribution in [-0.4, -0.2) is 0 Å². The molecule has 0 aromatic heterocycles. The van der Waals surface area contributed by atoms with E-state index in [0.29, 0.717) is 10.8 Å². The second kappa shape index (κ2) is 4.70. The topological polar surface area (TPSA) is 0 Å². The summed E-state index contributed by atoms with van der Waals surface area (Å²) in [5.41, 5.74) is 1.15. The molecule has 0 spiro atoms. The molecule has 0 aromatic carbocycles. The number of hydrogen-bond acceptors (Lipinski definition) is 0. The molecule has 0 saturated heterocycles. The van der Waals surface area contributed by atoms with Crippen LogP contribution in [0.2, 0.25) is 0 Å². The molecule has 1 aliphatic rings. The molecule has 1 aliphatic carbocycles. The molecule has 3 unspecified atom stereocenters. The first-order valence-electron chi connectivity index (χ1n) is 7.17. The molecule has 1 saturated carbocycles.